The van der Waals surface area contributed by atoms with Crippen LogP contribution in [0.5, 0.6) is 0 Å². The van der Waals surface area contributed by atoms with Crippen LogP contribution in [0.25, 0.3) is 0 Å². The molecular formula is C14H23NO3S. The van der Waals surface area contributed by atoms with Crippen molar-refractivity contribution in [3.05, 3.63) is 29.3 Å². The van der Waals surface area contributed by atoms with Gasteiger partial charge in [0.25, 0.3) is 0 Å². The molecule has 0 aromatic heterocycles. The molecule has 1 aromatic rings. The van der Waals surface area contributed by atoms with E-state index in [-0.39, 0.29) is 17.5 Å². The molecule has 4 nitrogen and oxygen atoms in total. The Morgan fingerprint density at radius 3 is 2.53 bits per heavy atom. The number of benzene rings is 1. The van der Waals surface area contributed by atoms with E-state index in [4.69, 9.17) is 0 Å². The highest BCUT2D eigenvalue weighted by Crippen LogP contribution is 2.24. The second-order valence-corrected chi connectivity index (χ2v) is 6.82. The zero-order chi connectivity index (χ0) is 14.6. The fourth-order valence-electron chi connectivity index (χ4n) is 2.10. The summed E-state index contributed by atoms with van der Waals surface area (Å²) in [5.41, 5.74) is 1.28. The van der Waals surface area contributed by atoms with Gasteiger partial charge in [0.2, 0.25) is 10.0 Å². The zero-order valence-electron chi connectivity index (χ0n) is 12.0. The fraction of sp³-hybridized carbons (Fsp3) is 0.571. The van der Waals surface area contributed by atoms with Crippen LogP contribution in [-0.4, -0.2) is 30.9 Å². The highest BCUT2D eigenvalue weighted by molar-refractivity contribution is 7.89. The van der Waals surface area contributed by atoms with Crippen molar-refractivity contribution in [3.8, 4) is 0 Å². The van der Waals surface area contributed by atoms with Crippen LogP contribution in [0.2, 0.25) is 0 Å². The minimum atomic E-state index is -3.50. The molecule has 0 spiro atoms. The maximum absolute atomic E-state index is 12.6. The molecule has 0 aliphatic carbocycles. The Hall–Kier alpha value is -0.910. The van der Waals surface area contributed by atoms with Crippen LogP contribution < -0.4 is 0 Å². The molecule has 0 saturated heterocycles. The van der Waals surface area contributed by atoms with E-state index in [2.05, 4.69) is 0 Å². The second-order valence-electron chi connectivity index (χ2n) is 4.86. The Balaban J connectivity index is 3.20. The van der Waals surface area contributed by atoms with Crippen molar-refractivity contribution in [1.29, 1.82) is 0 Å². The van der Waals surface area contributed by atoms with Gasteiger partial charge in [0.15, 0.2) is 0 Å². The lowest BCUT2D eigenvalue weighted by molar-refractivity contribution is 0.280. The normalized spacial score (nSPS) is 13.8. The van der Waals surface area contributed by atoms with Crippen molar-refractivity contribution < 1.29 is 13.5 Å². The van der Waals surface area contributed by atoms with Crippen molar-refractivity contribution >= 4 is 10.0 Å². The summed E-state index contributed by atoms with van der Waals surface area (Å²) in [5.74, 6) is 0. The molecule has 1 unspecified atom stereocenters. The average molecular weight is 285 g/mol. The fourth-order valence-corrected chi connectivity index (χ4v) is 3.76. The Morgan fingerprint density at radius 2 is 2.00 bits per heavy atom. The molecule has 0 amide bonds. The largest absolute Gasteiger partial charge is 0.392 e. The van der Waals surface area contributed by atoms with Gasteiger partial charge in [-0.15, -0.1) is 0 Å². The Bertz CT molecular complexity index is 525. The molecule has 19 heavy (non-hydrogen) atoms. The summed E-state index contributed by atoms with van der Waals surface area (Å²) in [6.07, 6.45) is 1.77. The van der Waals surface area contributed by atoms with E-state index in [0.717, 1.165) is 12.8 Å². The van der Waals surface area contributed by atoms with Crippen molar-refractivity contribution in [2.45, 2.75) is 51.2 Å². The quantitative estimate of drug-likeness (QED) is 0.872. The van der Waals surface area contributed by atoms with Gasteiger partial charge in [-0.2, -0.15) is 4.31 Å². The number of sulfonamides is 1. The van der Waals surface area contributed by atoms with Crippen LogP contribution in [-0.2, 0) is 16.6 Å². The molecule has 0 saturated carbocycles. The number of nitrogens with zero attached hydrogens (tertiary/aromatic N) is 1. The van der Waals surface area contributed by atoms with Crippen LogP contribution in [0.15, 0.2) is 23.1 Å². The number of hydrogen-bond acceptors (Lipinski definition) is 3. The summed E-state index contributed by atoms with van der Waals surface area (Å²) >= 11 is 0. The smallest absolute Gasteiger partial charge is 0.243 e. The highest BCUT2D eigenvalue weighted by atomic mass is 32.2. The van der Waals surface area contributed by atoms with E-state index >= 15 is 0 Å². The van der Waals surface area contributed by atoms with E-state index in [1.165, 1.54) is 4.31 Å². The Kier molecular flexibility index (Phi) is 5.52. The maximum Gasteiger partial charge on any atom is 0.243 e. The van der Waals surface area contributed by atoms with Gasteiger partial charge in [0.05, 0.1) is 11.5 Å². The van der Waals surface area contributed by atoms with Gasteiger partial charge in [-0.05, 0) is 37.5 Å². The number of hydrogen-bond donors (Lipinski definition) is 1. The molecule has 108 valence electrons. The van der Waals surface area contributed by atoms with Crippen molar-refractivity contribution in [3.63, 3.8) is 0 Å². The lowest BCUT2D eigenvalue weighted by Gasteiger charge is -2.25. The molecule has 0 fully saturated rings. The standard InChI is InChI=1S/C14H23NO3S/c1-5-7-11(2)15(4)19(17,18)14-9-6-8-13(10-16)12(14)3/h6,8-9,11,16H,5,7,10H2,1-4H3. The van der Waals surface area contributed by atoms with Crippen LogP contribution in [0.3, 0.4) is 0 Å². The van der Waals surface area contributed by atoms with E-state index in [0.29, 0.717) is 11.1 Å². The first kappa shape index (κ1) is 16.1. The van der Waals surface area contributed by atoms with Crippen LogP contribution >= 0.6 is 0 Å². The molecule has 1 N–H and O–H groups in total. The topological polar surface area (TPSA) is 57.6 Å². The minimum absolute atomic E-state index is 0.0350. The Labute approximate surface area is 116 Å². The van der Waals surface area contributed by atoms with Gasteiger partial charge in [-0.3, -0.25) is 0 Å². The molecule has 1 aromatic carbocycles. The van der Waals surface area contributed by atoms with E-state index in [9.17, 15) is 13.5 Å². The third-order valence-corrected chi connectivity index (χ3v) is 5.67. The van der Waals surface area contributed by atoms with Crippen LogP contribution in [0, 0.1) is 6.92 Å². The molecule has 0 aliphatic rings. The third kappa shape index (κ3) is 3.35. The van der Waals surface area contributed by atoms with Crippen molar-refractivity contribution in [2.75, 3.05) is 7.05 Å². The first-order valence-corrected chi connectivity index (χ1v) is 7.97. The number of rotatable bonds is 6. The monoisotopic (exact) mass is 285 g/mol. The first-order valence-electron chi connectivity index (χ1n) is 6.53. The van der Waals surface area contributed by atoms with Gasteiger partial charge in [0, 0.05) is 13.1 Å². The summed E-state index contributed by atoms with van der Waals surface area (Å²) < 4.78 is 26.6. The highest BCUT2D eigenvalue weighted by Gasteiger charge is 2.26. The van der Waals surface area contributed by atoms with Gasteiger partial charge in [-0.1, -0.05) is 25.5 Å². The molecule has 0 bridgehead atoms. The summed E-state index contributed by atoms with van der Waals surface area (Å²) in [4.78, 5) is 0.282. The molecule has 1 rings (SSSR count). The Morgan fingerprint density at radius 1 is 1.37 bits per heavy atom. The predicted molar refractivity (Wildman–Crippen MR) is 76.4 cm³/mol. The van der Waals surface area contributed by atoms with Crippen LogP contribution in [0.1, 0.15) is 37.8 Å². The number of aliphatic hydroxyl groups is 1. The summed E-state index contributed by atoms with van der Waals surface area (Å²) in [6.45, 7) is 5.53. The van der Waals surface area contributed by atoms with Crippen molar-refractivity contribution in [1.82, 2.24) is 4.31 Å². The molecular weight excluding hydrogens is 262 g/mol. The van der Waals surface area contributed by atoms with Crippen molar-refractivity contribution in [2.24, 2.45) is 0 Å². The van der Waals surface area contributed by atoms with Gasteiger partial charge >= 0.3 is 0 Å². The third-order valence-electron chi connectivity index (χ3n) is 3.55. The van der Waals surface area contributed by atoms with E-state index < -0.39 is 10.0 Å². The van der Waals surface area contributed by atoms with Gasteiger partial charge in [-0.25, -0.2) is 8.42 Å². The van der Waals surface area contributed by atoms with E-state index in [1.807, 2.05) is 13.8 Å². The summed E-state index contributed by atoms with van der Waals surface area (Å²) in [5, 5.41) is 9.23. The molecule has 0 aliphatic heterocycles. The second kappa shape index (κ2) is 6.50. The minimum Gasteiger partial charge on any atom is -0.392 e. The molecule has 1 atom stereocenters. The first-order chi connectivity index (χ1) is 8.86. The predicted octanol–water partition coefficient (Wildman–Crippen LogP) is 2.30. The molecule has 5 heteroatoms. The SMILES string of the molecule is CCCC(C)N(C)S(=O)(=O)c1cccc(CO)c1C. The molecule has 0 heterocycles. The zero-order valence-corrected chi connectivity index (χ0v) is 12.9. The summed E-state index contributed by atoms with van der Waals surface area (Å²) in [7, 11) is -1.89. The number of aliphatic hydroxyl groups excluding tert-OH is 1. The average Bonchev–Trinajstić information content (AvgIpc) is 2.38. The lowest BCUT2D eigenvalue weighted by atomic mass is 10.1. The lowest BCUT2D eigenvalue weighted by Crippen LogP contribution is -2.35. The van der Waals surface area contributed by atoms with Gasteiger partial charge in [0.1, 0.15) is 0 Å². The van der Waals surface area contributed by atoms with Gasteiger partial charge < -0.3 is 5.11 Å². The van der Waals surface area contributed by atoms with E-state index in [1.54, 1.807) is 32.2 Å². The summed E-state index contributed by atoms with van der Waals surface area (Å²) in [6, 6.07) is 4.97. The van der Waals surface area contributed by atoms with Crippen LogP contribution in [0.4, 0.5) is 0 Å². The molecule has 0 radical (unpaired) electrons. The maximum atomic E-state index is 12.6.